The summed E-state index contributed by atoms with van der Waals surface area (Å²) in [7, 11) is 0. The standard InChI is InChI=1S/C18H14N2O/c21-18-15-9-3-4-10-17(15)20(12-19-18)16-11-5-7-13-6-1-2-8-14(13)16/h1-11H,12H2,(H,19,21). The van der Waals surface area contributed by atoms with Crippen LogP contribution in [0.5, 0.6) is 0 Å². The van der Waals surface area contributed by atoms with E-state index in [0.717, 1.165) is 16.9 Å². The Morgan fingerprint density at radius 2 is 1.52 bits per heavy atom. The van der Waals surface area contributed by atoms with Gasteiger partial charge in [-0.25, -0.2) is 0 Å². The summed E-state index contributed by atoms with van der Waals surface area (Å²) >= 11 is 0. The van der Waals surface area contributed by atoms with Gasteiger partial charge in [0.15, 0.2) is 0 Å². The predicted molar refractivity (Wildman–Crippen MR) is 84.9 cm³/mol. The molecule has 1 aliphatic rings. The van der Waals surface area contributed by atoms with Crippen molar-refractivity contribution in [3.05, 3.63) is 72.3 Å². The summed E-state index contributed by atoms with van der Waals surface area (Å²) in [6, 6.07) is 22.3. The fourth-order valence-corrected chi connectivity index (χ4v) is 2.89. The average Bonchev–Trinajstić information content (AvgIpc) is 2.55. The van der Waals surface area contributed by atoms with Crippen molar-refractivity contribution < 1.29 is 4.79 Å². The van der Waals surface area contributed by atoms with Gasteiger partial charge in [0.25, 0.3) is 5.91 Å². The van der Waals surface area contributed by atoms with Crippen LogP contribution in [0.15, 0.2) is 66.7 Å². The number of para-hydroxylation sites is 1. The van der Waals surface area contributed by atoms with Crippen LogP contribution in [-0.4, -0.2) is 12.6 Å². The number of amides is 1. The zero-order valence-electron chi connectivity index (χ0n) is 11.4. The van der Waals surface area contributed by atoms with Gasteiger partial charge >= 0.3 is 0 Å². The molecule has 0 aliphatic carbocycles. The molecule has 1 N–H and O–H groups in total. The van der Waals surface area contributed by atoms with Crippen molar-refractivity contribution in [1.82, 2.24) is 5.32 Å². The molecule has 0 spiro atoms. The van der Waals surface area contributed by atoms with Crippen molar-refractivity contribution in [1.29, 1.82) is 0 Å². The molecule has 3 nitrogen and oxygen atoms in total. The van der Waals surface area contributed by atoms with Crippen molar-refractivity contribution in [2.24, 2.45) is 0 Å². The lowest BCUT2D eigenvalue weighted by Gasteiger charge is -2.32. The maximum atomic E-state index is 12.0. The quantitative estimate of drug-likeness (QED) is 0.734. The van der Waals surface area contributed by atoms with Gasteiger partial charge in [0, 0.05) is 5.39 Å². The van der Waals surface area contributed by atoms with Crippen molar-refractivity contribution in [3.8, 4) is 0 Å². The molecule has 1 heterocycles. The van der Waals surface area contributed by atoms with Crippen molar-refractivity contribution >= 4 is 28.1 Å². The molecule has 3 heteroatoms. The summed E-state index contributed by atoms with van der Waals surface area (Å²) in [4.78, 5) is 14.1. The first-order valence-electron chi connectivity index (χ1n) is 6.97. The highest BCUT2D eigenvalue weighted by molar-refractivity contribution is 6.05. The van der Waals surface area contributed by atoms with Gasteiger partial charge in [-0.3, -0.25) is 4.79 Å². The summed E-state index contributed by atoms with van der Waals surface area (Å²) in [6.45, 7) is 0.490. The lowest BCUT2D eigenvalue weighted by Crippen LogP contribution is -2.40. The van der Waals surface area contributed by atoms with Crippen LogP contribution < -0.4 is 10.2 Å². The highest BCUT2D eigenvalue weighted by Crippen LogP contribution is 2.35. The van der Waals surface area contributed by atoms with E-state index in [1.165, 1.54) is 10.8 Å². The number of benzene rings is 3. The van der Waals surface area contributed by atoms with Gasteiger partial charge in [0.05, 0.1) is 23.6 Å². The molecule has 0 radical (unpaired) electrons. The molecule has 0 saturated heterocycles. The zero-order valence-corrected chi connectivity index (χ0v) is 11.4. The molecule has 4 rings (SSSR count). The molecule has 3 aromatic carbocycles. The molecule has 102 valence electrons. The van der Waals surface area contributed by atoms with Crippen LogP contribution >= 0.6 is 0 Å². The normalized spacial score (nSPS) is 13.9. The van der Waals surface area contributed by atoms with Gasteiger partial charge in [-0.1, -0.05) is 48.5 Å². The number of hydrogen-bond acceptors (Lipinski definition) is 2. The Bertz CT molecular complexity index is 836. The van der Waals surface area contributed by atoms with E-state index in [2.05, 4.69) is 40.5 Å². The minimum absolute atomic E-state index is 0.0120. The Kier molecular flexibility index (Phi) is 2.64. The lowest BCUT2D eigenvalue weighted by molar-refractivity contribution is 0.0949. The second-order valence-electron chi connectivity index (χ2n) is 5.11. The van der Waals surface area contributed by atoms with Crippen LogP contribution in [0.2, 0.25) is 0 Å². The minimum atomic E-state index is -0.0120. The topological polar surface area (TPSA) is 32.3 Å². The fraction of sp³-hybridized carbons (Fsp3) is 0.0556. The van der Waals surface area contributed by atoms with Gasteiger partial charge < -0.3 is 10.2 Å². The van der Waals surface area contributed by atoms with E-state index in [1.54, 1.807) is 0 Å². The molecule has 1 aliphatic heterocycles. The molecule has 21 heavy (non-hydrogen) atoms. The van der Waals surface area contributed by atoms with Crippen LogP contribution in [0.4, 0.5) is 11.4 Å². The summed E-state index contributed by atoms with van der Waals surface area (Å²) < 4.78 is 0. The molecule has 0 unspecified atom stereocenters. The number of nitrogens with zero attached hydrogens (tertiary/aromatic N) is 1. The van der Waals surface area contributed by atoms with Gasteiger partial charge in [-0.2, -0.15) is 0 Å². The smallest absolute Gasteiger partial charge is 0.254 e. The number of carbonyl (C=O) groups excluding carboxylic acids is 1. The molecule has 0 fully saturated rings. The van der Waals surface area contributed by atoms with Crippen LogP contribution in [0.1, 0.15) is 10.4 Å². The molecule has 0 bridgehead atoms. The fourth-order valence-electron chi connectivity index (χ4n) is 2.89. The third-order valence-corrected chi connectivity index (χ3v) is 3.89. The van der Waals surface area contributed by atoms with E-state index in [-0.39, 0.29) is 5.91 Å². The number of nitrogens with one attached hydrogen (secondary N) is 1. The summed E-state index contributed by atoms with van der Waals surface area (Å²) in [5.41, 5.74) is 2.79. The number of anilines is 2. The second kappa shape index (κ2) is 4.63. The highest BCUT2D eigenvalue weighted by Gasteiger charge is 2.23. The first-order valence-corrected chi connectivity index (χ1v) is 6.97. The summed E-state index contributed by atoms with van der Waals surface area (Å²) in [5.74, 6) is -0.0120. The Morgan fingerprint density at radius 3 is 2.48 bits per heavy atom. The zero-order chi connectivity index (χ0) is 14.2. The number of fused-ring (bicyclic) bond motifs is 2. The Morgan fingerprint density at radius 1 is 0.810 bits per heavy atom. The van der Waals surface area contributed by atoms with Crippen LogP contribution in [0.3, 0.4) is 0 Å². The third-order valence-electron chi connectivity index (χ3n) is 3.89. The molecular weight excluding hydrogens is 260 g/mol. The molecular formula is C18H14N2O. The van der Waals surface area contributed by atoms with Crippen molar-refractivity contribution in [2.75, 3.05) is 11.6 Å². The van der Waals surface area contributed by atoms with E-state index in [4.69, 9.17) is 0 Å². The Labute approximate surface area is 122 Å². The number of hydrogen-bond donors (Lipinski definition) is 1. The largest absolute Gasteiger partial charge is 0.334 e. The maximum Gasteiger partial charge on any atom is 0.254 e. The second-order valence-corrected chi connectivity index (χ2v) is 5.11. The molecule has 0 saturated carbocycles. The van der Waals surface area contributed by atoms with Gasteiger partial charge in [0.2, 0.25) is 0 Å². The van der Waals surface area contributed by atoms with E-state index >= 15 is 0 Å². The minimum Gasteiger partial charge on any atom is -0.334 e. The Balaban J connectivity index is 1.94. The van der Waals surface area contributed by atoms with Crippen LogP contribution in [-0.2, 0) is 0 Å². The first-order chi connectivity index (χ1) is 10.3. The maximum absolute atomic E-state index is 12.0. The van der Waals surface area contributed by atoms with E-state index in [0.29, 0.717) is 6.67 Å². The van der Waals surface area contributed by atoms with Gasteiger partial charge in [-0.05, 0) is 23.6 Å². The number of rotatable bonds is 1. The summed E-state index contributed by atoms with van der Waals surface area (Å²) in [5, 5.41) is 5.32. The van der Waals surface area contributed by atoms with Crippen LogP contribution in [0.25, 0.3) is 10.8 Å². The van der Waals surface area contributed by atoms with Gasteiger partial charge in [-0.15, -0.1) is 0 Å². The SMILES string of the molecule is O=C1NCN(c2cccc3ccccc23)c2ccccc21. The predicted octanol–water partition coefficient (Wildman–Crippen LogP) is 3.68. The van der Waals surface area contributed by atoms with E-state index < -0.39 is 0 Å². The lowest BCUT2D eigenvalue weighted by atomic mass is 10.0. The van der Waals surface area contributed by atoms with Crippen molar-refractivity contribution in [2.45, 2.75) is 0 Å². The molecule has 0 atom stereocenters. The third kappa shape index (κ3) is 1.86. The molecule has 3 aromatic rings. The van der Waals surface area contributed by atoms with Crippen molar-refractivity contribution in [3.63, 3.8) is 0 Å². The monoisotopic (exact) mass is 274 g/mol. The van der Waals surface area contributed by atoms with Crippen LogP contribution in [0, 0.1) is 0 Å². The molecule has 0 aromatic heterocycles. The van der Waals surface area contributed by atoms with E-state index in [9.17, 15) is 4.79 Å². The molecule has 1 amide bonds. The van der Waals surface area contributed by atoms with E-state index in [1.807, 2.05) is 36.4 Å². The van der Waals surface area contributed by atoms with Gasteiger partial charge in [0.1, 0.15) is 0 Å². The first kappa shape index (κ1) is 12.0. The Hall–Kier alpha value is -2.81. The number of carbonyl (C=O) groups is 1. The highest BCUT2D eigenvalue weighted by atomic mass is 16.2. The average molecular weight is 274 g/mol. The summed E-state index contributed by atoms with van der Waals surface area (Å²) in [6.07, 6.45) is 0.